The average molecular weight is 345 g/mol. The first kappa shape index (κ1) is 16.1. The quantitative estimate of drug-likeness (QED) is 0.597. The van der Waals surface area contributed by atoms with E-state index < -0.39 is 0 Å². The van der Waals surface area contributed by atoms with Gasteiger partial charge in [-0.2, -0.15) is 5.10 Å². The lowest BCUT2D eigenvalue weighted by molar-refractivity contribution is 0.102. The number of aryl methyl sites for hydroxylation is 1. The maximum atomic E-state index is 12.7. The van der Waals surface area contributed by atoms with Crippen molar-refractivity contribution < 1.29 is 4.79 Å². The number of hydrogen-bond donors (Lipinski definition) is 1. The zero-order valence-corrected chi connectivity index (χ0v) is 14.5. The van der Waals surface area contributed by atoms with Crippen LogP contribution in [-0.4, -0.2) is 25.2 Å². The minimum atomic E-state index is -0.222. The third-order valence-corrected chi connectivity index (χ3v) is 4.19. The van der Waals surface area contributed by atoms with Gasteiger partial charge >= 0.3 is 0 Å². The molecule has 4 aromatic rings. The number of para-hydroxylation sites is 3. The normalized spacial score (nSPS) is 11.0. The van der Waals surface area contributed by atoms with Gasteiger partial charge in [0.1, 0.15) is 0 Å². The standard InChI is InChI=1S/C20H19N5O/c1-2-12-24-18-11-7-6-10-17(18)22-20(24)23-19(26)15-13-21-25(14-15)16-8-4-3-5-9-16/h3-11,13-14H,2,12H2,1H3,(H,22,23,26). The molecule has 0 saturated heterocycles. The van der Waals surface area contributed by atoms with Crippen molar-refractivity contribution in [2.45, 2.75) is 19.9 Å². The summed E-state index contributed by atoms with van der Waals surface area (Å²) in [6, 6.07) is 17.6. The second-order valence-electron chi connectivity index (χ2n) is 6.04. The molecule has 130 valence electrons. The molecule has 6 heteroatoms. The second kappa shape index (κ2) is 6.84. The van der Waals surface area contributed by atoms with E-state index in [9.17, 15) is 4.79 Å². The third-order valence-electron chi connectivity index (χ3n) is 4.19. The Balaban J connectivity index is 1.62. The fourth-order valence-electron chi connectivity index (χ4n) is 2.96. The number of amides is 1. The van der Waals surface area contributed by atoms with Crippen molar-refractivity contribution in [3.63, 3.8) is 0 Å². The van der Waals surface area contributed by atoms with Crippen molar-refractivity contribution in [2.24, 2.45) is 0 Å². The lowest BCUT2D eigenvalue weighted by atomic mass is 10.3. The zero-order valence-electron chi connectivity index (χ0n) is 14.5. The van der Waals surface area contributed by atoms with Crippen LogP contribution in [-0.2, 0) is 6.54 Å². The van der Waals surface area contributed by atoms with Crippen molar-refractivity contribution in [3.05, 3.63) is 72.6 Å². The monoisotopic (exact) mass is 345 g/mol. The smallest absolute Gasteiger partial charge is 0.261 e. The van der Waals surface area contributed by atoms with Gasteiger partial charge in [0.15, 0.2) is 0 Å². The number of benzene rings is 2. The maximum Gasteiger partial charge on any atom is 0.261 e. The minimum absolute atomic E-state index is 0.222. The van der Waals surface area contributed by atoms with Crippen LogP contribution in [0.25, 0.3) is 16.7 Å². The molecule has 0 fully saturated rings. The number of anilines is 1. The summed E-state index contributed by atoms with van der Waals surface area (Å²) >= 11 is 0. The van der Waals surface area contributed by atoms with E-state index >= 15 is 0 Å². The fourth-order valence-corrected chi connectivity index (χ4v) is 2.96. The number of nitrogens with zero attached hydrogens (tertiary/aromatic N) is 4. The molecular formula is C20H19N5O. The molecule has 6 nitrogen and oxygen atoms in total. The van der Waals surface area contributed by atoms with Crippen molar-refractivity contribution in [1.82, 2.24) is 19.3 Å². The minimum Gasteiger partial charge on any atom is -0.310 e. The molecule has 0 aliphatic rings. The molecule has 0 unspecified atom stereocenters. The van der Waals surface area contributed by atoms with Gasteiger partial charge < -0.3 is 4.57 Å². The van der Waals surface area contributed by atoms with Gasteiger partial charge in [-0.25, -0.2) is 9.67 Å². The molecule has 2 aromatic carbocycles. The van der Waals surface area contributed by atoms with Gasteiger partial charge in [0.05, 0.1) is 28.5 Å². The highest BCUT2D eigenvalue weighted by Gasteiger charge is 2.15. The molecule has 1 N–H and O–H groups in total. The highest BCUT2D eigenvalue weighted by molar-refractivity contribution is 6.03. The number of carbonyl (C=O) groups is 1. The third kappa shape index (κ3) is 2.97. The van der Waals surface area contributed by atoms with E-state index in [4.69, 9.17) is 0 Å². The van der Waals surface area contributed by atoms with Gasteiger partial charge in [0.25, 0.3) is 5.91 Å². The lowest BCUT2D eigenvalue weighted by Crippen LogP contribution is -2.15. The Kier molecular flexibility index (Phi) is 4.23. The molecule has 0 bridgehead atoms. The first-order chi connectivity index (χ1) is 12.8. The van der Waals surface area contributed by atoms with Crippen LogP contribution in [0.4, 0.5) is 5.95 Å². The highest BCUT2D eigenvalue weighted by Crippen LogP contribution is 2.20. The van der Waals surface area contributed by atoms with Crippen LogP contribution < -0.4 is 5.32 Å². The number of hydrogen-bond acceptors (Lipinski definition) is 3. The number of imidazole rings is 1. The summed E-state index contributed by atoms with van der Waals surface area (Å²) in [5.74, 6) is 0.338. The predicted molar refractivity (Wildman–Crippen MR) is 102 cm³/mol. The van der Waals surface area contributed by atoms with E-state index in [1.807, 2.05) is 59.2 Å². The summed E-state index contributed by atoms with van der Waals surface area (Å²) in [6.45, 7) is 2.89. The molecule has 0 aliphatic carbocycles. The van der Waals surface area contributed by atoms with E-state index in [0.717, 1.165) is 29.7 Å². The number of nitrogens with one attached hydrogen (secondary N) is 1. The van der Waals surface area contributed by atoms with E-state index in [-0.39, 0.29) is 5.91 Å². The molecule has 0 aliphatic heterocycles. The summed E-state index contributed by atoms with van der Waals surface area (Å²) in [6.07, 6.45) is 4.24. The number of fused-ring (bicyclic) bond motifs is 1. The summed E-state index contributed by atoms with van der Waals surface area (Å²) in [5.41, 5.74) is 3.29. The number of rotatable bonds is 5. The van der Waals surface area contributed by atoms with Gasteiger partial charge in [-0.05, 0) is 30.7 Å². The Morgan fingerprint density at radius 1 is 1.08 bits per heavy atom. The molecule has 0 atom stereocenters. The maximum absolute atomic E-state index is 12.7. The van der Waals surface area contributed by atoms with Gasteiger partial charge in [-0.15, -0.1) is 0 Å². The van der Waals surface area contributed by atoms with Gasteiger partial charge in [0, 0.05) is 12.7 Å². The molecule has 0 saturated carbocycles. The van der Waals surface area contributed by atoms with Crippen LogP contribution in [0.2, 0.25) is 0 Å². The topological polar surface area (TPSA) is 64.7 Å². The van der Waals surface area contributed by atoms with Crippen molar-refractivity contribution in [2.75, 3.05) is 5.32 Å². The van der Waals surface area contributed by atoms with Crippen LogP contribution in [0.5, 0.6) is 0 Å². The Morgan fingerprint density at radius 2 is 1.85 bits per heavy atom. The van der Waals surface area contributed by atoms with E-state index in [1.54, 1.807) is 17.1 Å². The second-order valence-corrected chi connectivity index (χ2v) is 6.04. The van der Waals surface area contributed by atoms with E-state index in [2.05, 4.69) is 22.3 Å². The SMILES string of the molecule is CCCn1c(NC(=O)c2cnn(-c3ccccc3)c2)nc2ccccc21. The summed E-state index contributed by atoms with van der Waals surface area (Å²) < 4.78 is 3.72. The van der Waals surface area contributed by atoms with Crippen LogP contribution in [0.1, 0.15) is 23.7 Å². The lowest BCUT2D eigenvalue weighted by Gasteiger charge is -2.08. The molecule has 2 aromatic heterocycles. The molecule has 0 spiro atoms. The van der Waals surface area contributed by atoms with E-state index in [0.29, 0.717) is 11.5 Å². The summed E-state index contributed by atoms with van der Waals surface area (Å²) in [5, 5.41) is 7.20. The Hall–Kier alpha value is -3.41. The molecule has 26 heavy (non-hydrogen) atoms. The molecule has 2 heterocycles. The average Bonchev–Trinajstić information content (AvgIpc) is 3.29. The molecular weight excluding hydrogens is 326 g/mol. The van der Waals surface area contributed by atoms with Crippen LogP contribution in [0, 0.1) is 0 Å². The fraction of sp³-hybridized carbons (Fsp3) is 0.150. The number of aromatic nitrogens is 4. The molecule has 4 rings (SSSR count). The molecule has 1 amide bonds. The van der Waals surface area contributed by atoms with Crippen LogP contribution >= 0.6 is 0 Å². The van der Waals surface area contributed by atoms with E-state index in [1.165, 1.54) is 0 Å². The number of carbonyl (C=O) groups excluding carboxylic acids is 1. The van der Waals surface area contributed by atoms with Crippen molar-refractivity contribution in [1.29, 1.82) is 0 Å². The van der Waals surface area contributed by atoms with Crippen LogP contribution in [0.3, 0.4) is 0 Å². The van der Waals surface area contributed by atoms with Gasteiger partial charge in [-0.3, -0.25) is 10.1 Å². The summed E-state index contributed by atoms with van der Waals surface area (Å²) in [4.78, 5) is 17.2. The Labute approximate surface area is 151 Å². The summed E-state index contributed by atoms with van der Waals surface area (Å²) in [7, 11) is 0. The largest absolute Gasteiger partial charge is 0.310 e. The highest BCUT2D eigenvalue weighted by atomic mass is 16.1. The van der Waals surface area contributed by atoms with Crippen molar-refractivity contribution >= 4 is 22.9 Å². The van der Waals surface area contributed by atoms with Gasteiger partial charge in [0.2, 0.25) is 5.95 Å². The van der Waals surface area contributed by atoms with Crippen LogP contribution in [0.15, 0.2) is 67.0 Å². The zero-order chi connectivity index (χ0) is 17.9. The molecule has 0 radical (unpaired) electrons. The first-order valence-corrected chi connectivity index (χ1v) is 8.63. The predicted octanol–water partition coefficient (Wildman–Crippen LogP) is 3.88. The van der Waals surface area contributed by atoms with Gasteiger partial charge in [-0.1, -0.05) is 37.3 Å². The Morgan fingerprint density at radius 3 is 2.65 bits per heavy atom. The Bertz CT molecular complexity index is 1050. The first-order valence-electron chi connectivity index (χ1n) is 8.63. The van der Waals surface area contributed by atoms with Crippen molar-refractivity contribution in [3.8, 4) is 5.69 Å².